The summed E-state index contributed by atoms with van der Waals surface area (Å²) < 4.78 is 0. The molecule has 1 N–H and O–H groups in total. The standard InChI is InChI=1S/C16H15N5OS/c1-2-3-6-16(20-21-16)7-8-17-15(22)12-4-5-13(18-9-12)14-10-23-11-19-14/h1,4-5,9-11H,3,6-8H2,(H,17,22). The Morgan fingerprint density at radius 2 is 2.13 bits per heavy atom. The number of carbonyl (C=O) groups is 1. The van der Waals surface area contributed by atoms with Crippen molar-refractivity contribution in [1.82, 2.24) is 15.3 Å². The van der Waals surface area contributed by atoms with Gasteiger partial charge in [-0.25, -0.2) is 4.98 Å². The number of carbonyl (C=O) groups excluding carboxylic acids is 1. The molecule has 0 bridgehead atoms. The molecule has 116 valence electrons. The number of nitrogens with one attached hydrogen (secondary N) is 1. The molecule has 2 aromatic heterocycles. The first kappa shape index (κ1) is 15.3. The van der Waals surface area contributed by atoms with Crippen LogP contribution in [0.1, 0.15) is 29.6 Å². The van der Waals surface area contributed by atoms with Crippen molar-refractivity contribution in [3.8, 4) is 23.7 Å². The van der Waals surface area contributed by atoms with Gasteiger partial charge in [-0.15, -0.1) is 23.7 Å². The Morgan fingerprint density at radius 1 is 1.26 bits per heavy atom. The van der Waals surface area contributed by atoms with Gasteiger partial charge >= 0.3 is 0 Å². The number of hydrogen-bond acceptors (Lipinski definition) is 6. The van der Waals surface area contributed by atoms with Gasteiger partial charge in [0.05, 0.1) is 22.5 Å². The SMILES string of the molecule is C#CCCC1(CCNC(=O)c2ccc(-c3cscn3)nc2)N=N1. The second-order valence-electron chi connectivity index (χ2n) is 5.20. The molecule has 1 aliphatic rings. The first-order chi connectivity index (χ1) is 11.2. The van der Waals surface area contributed by atoms with Crippen LogP contribution in [0.5, 0.6) is 0 Å². The zero-order valence-electron chi connectivity index (χ0n) is 12.4. The van der Waals surface area contributed by atoms with Crippen LogP contribution in [0.4, 0.5) is 0 Å². The van der Waals surface area contributed by atoms with Gasteiger partial charge in [-0.2, -0.15) is 10.2 Å². The molecule has 1 amide bonds. The number of nitrogens with zero attached hydrogens (tertiary/aromatic N) is 4. The van der Waals surface area contributed by atoms with Crippen LogP contribution in [0.2, 0.25) is 0 Å². The van der Waals surface area contributed by atoms with Gasteiger partial charge in [0.15, 0.2) is 5.66 Å². The minimum Gasteiger partial charge on any atom is -0.352 e. The molecule has 0 saturated carbocycles. The molecule has 0 aliphatic carbocycles. The van der Waals surface area contributed by atoms with Crippen molar-refractivity contribution < 1.29 is 4.79 Å². The van der Waals surface area contributed by atoms with Crippen LogP contribution in [0.15, 0.2) is 39.4 Å². The molecule has 6 nitrogen and oxygen atoms in total. The van der Waals surface area contributed by atoms with Gasteiger partial charge in [-0.05, 0) is 12.1 Å². The van der Waals surface area contributed by atoms with Gasteiger partial charge in [0.2, 0.25) is 0 Å². The lowest BCUT2D eigenvalue weighted by molar-refractivity contribution is 0.0951. The largest absolute Gasteiger partial charge is 0.352 e. The molecule has 0 aromatic carbocycles. The summed E-state index contributed by atoms with van der Waals surface area (Å²) in [6.45, 7) is 0.504. The molecule has 3 rings (SSSR count). The predicted octanol–water partition coefficient (Wildman–Crippen LogP) is 2.90. The fourth-order valence-corrected chi connectivity index (χ4v) is 2.71. The molecule has 0 radical (unpaired) electrons. The van der Waals surface area contributed by atoms with Crippen molar-refractivity contribution in [3.63, 3.8) is 0 Å². The Kier molecular flexibility index (Phi) is 4.44. The average molecular weight is 325 g/mol. The number of hydrogen-bond donors (Lipinski definition) is 1. The molecule has 7 heteroatoms. The highest BCUT2D eigenvalue weighted by atomic mass is 32.1. The summed E-state index contributed by atoms with van der Waals surface area (Å²) in [5.41, 5.74) is 3.47. The normalized spacial score (nSPS) is 14.2. The molecule has 0 unspecified atom stereocenters. The van der Waals surface area contributed by atoms with Crippen molar-refractivity contribution in [2.75, 3.05) is 6.54 Å². The summed E-state index contributed by atoms with van der Waals surface area (Å²) >= 11 is 1.51. The number of aromatic nitrogens is 2. The van der Waals surface area contributed by atoms with Gasteiger partial charge in [0, 0.05) is 37.4 Å². The first-order valence-corrected chi connectivity index (χ1v) is 8.17. The number of thiazole rings is 1. The van der Waals surface area contributed by atoms with Gasteiger partial charge < -0.3 is 5.32 Å². The zero-order valence-corrected chi connectivity index (χ0v) is 13.2. The van der Waals surface area contributed by atoms with Crippen LogP contribution in [-0.4, -0.2) is 28.1 Å². The highest BCUT2D eigenvalue weighted by Crippen LogP contribution is 2.36. The van der Waals surface area contributed by atoms with E-state index in [1.54, 1.807) is 23.8 Å². The van der Waals surface area contributed by atoms with Gasteiger partial charge in [-0.3, -0.25) is 9.78 Å². The molecular formula is C16H15N5OS. The van der Waals surface area contributed by atoms with E-state index in [4.69, 9.17) is 6.42 Å². The lowest BCUT2D eigenvalue weighted by Crippen LogP contribution is -2.28. The van der Waals surface area contributed by atoms with Gasteiger partial charge in [-0.1, -0.05) is 0 Å². The first-order valence-electron chi connectivity index (χ1n) is 7.23. The third-order valence-electron chi connectivity index (χ3n) is 3.58. The fourth-order valence-electron chi connectivity index (χ4n) is 2.17. The van der Waals surface area contributed by atoms with Crippen molar-refractivity contribution in [3.05, 3.63) is 34.8 Å². The second kappa shape index (κ2) is 6.67. The third-order valence-corrected chi connectivity index (χ3v) is 4.17. The lowest BCUT2D eigenvalue weighted by atomic mass is 10.0. The highest BCUT2D eigenvalue weighted by Gasteiger charge is 2.38. The average Bonchev–Trinajstić information content (AvgIpc) is 3.13. The van der Waals surface area contributed by atoms with Crippen LogP contribution in [0.25, 0.3) is 11.4 Å². The van der Waals surface area contributed by atoms with Crippen molar-refractivity contribution >= 4 is 17.2 Å². The van der Waals surface area contributed by atoms with E-state index in [1.807, 2.05) is 5.38 Å². The van der Waals surface area contributed by atoms with E-state index in [2.05, 4.69) is 31.4 Å². The van der Waals surface area contributed by atoms with E-state index in [9.17, 15) is 4.79 Å². The van der Waals surface area contributed by atoms with Crippen molar-refractivity contribution in [2.24, 2.45) is 10.2 Å². The molecule has 0 saturated heterocycles. The zero-order chi connectivity index (χ0) is 16.1. The highest BCUT2D eigenvalue weighted by molar-refractivity contribution is 7.07. The number of pyridine rings is 1. The molecule has 0 fully saturated rings. The summed E-state index contributed by atoms with van der Waals surface area (Å²) in [6, 6.07) is 3.54. The molecule has 0 spiro atoms. The van der Waals surface area contributed by atoms with E-state index < -0.39 is 0 Å². The minimum atomic E-state index is -0.369. The molecular weight excluding hydrogens is 310 g/mol. The van der Waals surface area contributed by atoms with Gasteiger partial charge in [0.1, 0.15) is 0 Å². The fraction of sp³-hybridized carbons (Fsp3) is 0.312. The molecule has 1 aliphatic heterocycles. The summed E-state index contributed by atoms with van der Waals surface area (Å²) in [6.07, 6.45) is 8.86. The van der Waals surface area contributed by atoms with Gasteiger partial charge in [0.25, 0.3) is 5.91 Å². The Bertz CT molecular complexity index is 740. The van der Waals surface area contributed by atoms with E-state index in [0.29, 0.717) is 24.9 Å². The van der Waals surface area contributed by atoms with Crippen molar-refractivity contribution in [2.45, 2.75) is 24.9 Å². The van der Waals surface area contributed by atoms with Crippen LogP contribution in [-0.2, 0) is 0 Å². The van der Waals surface area contributed by atoms with Crippen LogP contribution >= 0.6 is 11.3 Å². The summed E-state index contributed by atoms with van der Waals surface area (Å²) in [7, 11) is 0. The molecule has 2 aromatic rings. The van der Waals surface area contributed by atoms with E-state index in [-0.39, 0.29) is 11.6 Å². The predicted molar refractivity (Wildman–Crippen MR) is 87.9 cm³/mol. The van der Waals surface area contributed by atoms with E-state index >= 15 is 0 Å². The Balaban J connectivity index is 1.50. The Hall–Kier alpha value is -2.59. The number of amides is 1. The van der Waals surface area contributed by atoms with E-state index in [1.165, 1.54) is 11.3 Å². The molecule has 0 atom stereocenters. The van der Waals surface area contributed by atoms with Crippen LogP contribution in [0, 0.1) is 12.3 Å². The Labute approximate surface area is 138 Å². The van der Waals surface area contributed by atoms with Crippen LogP contribution < -0.4 is 5.32 Å². The quantitative estimate of drug-likeness (QED) is 0.795. The van der Waals surface area contributed by atoms with E-state index in [0.717, 1.165) is 17.8 Å². The summed E-state index contributed by atoms with van der Waals surface area (Å²) in [5.74, 6) is 2.43. The number of rotatable bonds is 7. The number of terminal acetylenes is 1. The van der Waals surface area contributed by atoms with Crippen molar-refractivity contribution in [1.29, 1.82) is 0 Å². The topological polar surface area (TPSA) is 79.6 Å². The molecule has 3 heterocycles. The molecule has 23 heavy (non-hydrogen) atoms. The minimum absolute atomic E-state index is 0.157. The van der Waals surface area contributed by atoms with Crippen LogP contribution in [0.3, 0.4) is 0 Å². The lowest BCUT2D eigenvalue weighted by Gasteiger charge is -2.09. The third kappa shape index (κ3) is 3.79. The second-order valence-corrected chi connectivity index (χ2v) is 5.92. The Morgan fingerprint density at radius 3 is 2.74 bits per heavy atom. The monoisotopic (exact) mass is 325 g/mol. The maximum atomic E-state index is 12.1. The summed E-state index contributed by atoms with van der Waals surface area (Å²) in [5, 5.41) is 12.9. The smallest absolute Gasteiger partial charge is 0.252 e. The maximum absolute atomic E-state index is 12.1. The summed E-state index contributed by atoms with van der Waals surface area (Å²) in [4.78, 5) is 20.6. The maximum Gasteiger partial charge on any atom is 0.252 e.